The minimum Gasteiger partial charge on any atom is -0.348 e. The molecular formula is C26H29N3O3S. The average molecular weight is 464 g/mol. The van der Waals surface area contributed by atoms with Crippen molar-refractivity contribution in [1.82, 2.24) is 10.2 Å². The van der Waals surface area contributed by atoms with Gasteiger partial charge in [-0.05, 0) is 79.9 Å². The lowest BCUT2D eigenvalue weighted by atomic mass is 10.1. The normalized spacial score (nSPS) is 14.2. The molecule has 1 amide bonds. The summed E-state index contributed by atoms with van der Waals surface area (Å²) in [6.07, 6.45) is 2.53. The molecule has 1 saturated heterocycles. The number of sulfonamides is 1. The largest absolute Gasteiger partial charge is 0.348 e. The second-order valence-electron chi connectivity index (χ2n) is 8.43. The Hall–Kier alpha value is -3.16. The standard InChI is InChI=1S/C26H29N3O3S/c1-20-16-23(12-13-25(20)28-33(31,32)24-10-3-2-4-11-24)26(30)27-18-21-8-7-9-22(17-21)19-29-14-5-6-15-29/h2-4,7-13,16-17,28H,5-6,14-15,18-19H2,1H3,(H,27,30). The fourth-order valence-corrected chi connectivity index (χ4v) is 5.20. The number of nitrogens with zero attached hydrogens (tertiary/aromatic N) is 1. The topological polar surface area (TPSA) is 78.5 Å². The number of carbonyl (C=O) groups is 1. The number of benzene rings is 3. The van der Waals surface area contributed by atoms with Gasteiger partial charge in [-0.3, -0.25) is 14.4 Å². The molecule has 0 atom stereocenters. The van der Waals surface area contributed by atoms with Crippen LogP contribution >= 0.6 is 0 Å². The molecule has 3 aromatic carbocycles. The summed E-state index contributed by atoms with van der Waals surface area (Å²) in [5, 5.41) is 2.97. The van der Waals surface area contributed by atoms with Crippen LogP contribution in [0.5, 0.6) is 0 Å². The number of carbonyl (C=O) groups excluding carboxylic acids is 1. The molecule has 4 rings (SSSR count). The van der Waals surface area contributed by atoms with E-state index < -0.39 is 10.0 Å². The summed E-state index contributed by atoms with van der Waals surface area (Å²) in [5.74, 6) is -0.194. The molecule has 0 saturated carbocycles. The molecule has 172 valence electrons. The summed E-state index contributed by atoms with van der Waals surface area (Å²) in [6.45, 7) is 5.46. The van der Waals surface area contributed by atoms with E-state index in [4.69, 9.17) is 0 Å². The van der Waals surface area contributed by atoms with Crippen molar-refractivity contribution >= 4 is 21.6 Å². The Morgan fingerprint density at radius 2 is 1.64 bits per heavy atom. The van der Waals surface area contributed by atoms with Crippen molar-refractivity contribution in [3.8, 4) is 0 Å². The van der Waals surface area contributed by atoms with E-state index in [1.54, 1.807) is 55.5 Å². The van der Waals surface area contributed by atoms with Gasteiger partial charge in [-0.15, -0.1) is 0 Å². The lowest BCUT2D eigenvalue weighted by Gasteiger charge is -2.15. The third-order valence-corrected chi connectivity index (χ3v) is 7.22. The molecule has 1 aliphatic heterocycles. The van der Waals surface area contributed by atoms with Crippen LogP contribution in [0, 0.1) is 6.92 Å². The quantitative estimate of drug-likeness (QED) is 0.521. The first kappa shape index (κ1) is 23.0. The van der Waals surface area contributed by atoms with Crippen molar-refractivity contribution in [3.05, 3.63) is 95.1 Å². The van der Waals surface area contributed by atoms with Crippen LogP contribution in [0.25, 0.3) is 0 Å². The molecule has 0 bridgehead atoms. The van der Waals surface area contributed by atoms with Gasteiger partial charge in [0.25, 0.3) is 15.9 Å². The predicted molar refractivity (Wildman–Crippen MR) is 131 cm³/mol. The lowest BCUT2D eigenvalue weighted by molar-refractivity contribution is 0.0951. The van der Waals surface area contributed by atoms with Gasteiger partial charge in [0.05, 0.1) is 10.6 Å². The summed E-state index contributed by atoms with van der Waals surface area (Å²) in [5.41, 5.74) is 3.93. The Balaban J connectivity index is 1.38. The molecule has 0 radical (unpaired) electrons. The van der Waals surface area contributed by atoms with Crippen LogP contribution in [0.4, 0.5) is 5.69 Å². The number of amides is 1. The SMILES string of the molecule is Cc1cc(C(=O)NCc2cccc(CN3CCCC3)c2)ccc1NS(=O)(=O)c1ccccc1. The number of aryl methyl sites for hydroxylation is 1. The zero-order chi connectivity index (χ0) is 23.3. The zero-order valence-corrected chi connectivity index (χ0v) is 19.6. The maximum atomic E-state index is 12.7. The van der Waals surface area contributed by atoms with Crippen LogP contribution in [-0.2, 0) is 23.1 Å². The third kappa shape index (κ3) is 6.00. The molecule has 33 heavy (non-hydrogen) atoms. The van der Waals surface area contributed by atoms with E-state index in [0.717, 1.165) is 25.2 Å². The number of hydrogen-bond donors (Lipinski definition) is 2. The van der Waals surface area contributed by atoms with Crippen LogP contribution in [0.2, 0.25) is 0 Å². The molecule has 1 aliphatic rings. The molecule has 0 spiro atoms. The van der Waals surface area contributed by atoms with Crippen molar-refractivity contribution < 1.29 is 13.2 Å². The van der Waals surface area contributed by atoms with Gasteiger partial charge in [0.15, 0.2) is 0 Å². The maximum Gasteiger partial charge on any atom is 0.261 e. The zero-order valence-electron chi connectivity index (χ0n) is 18.8. The first-order valence-electron chi connectivity index (χ1n) is 11.2. The maximum absolute atomic E-state index is 12.7. The van der Waals surface area contributed by atoms with E-state index in [0.29, 0.717) is 23.4 Å². The smallest absolute Gasteiger partial charge is 0.261 e. The number of likely N-dealkylation sites (tertiary alicyclic amines) is 1. The van der Waals surface area contributed by atoms with Crippen LogP contribution in [-0.4, -0.2) is 32.3 Å². The van der Waals surface area contributed by atoms with Crippen molar-refractivity contribution in [2.24, 2.45) is 0 Å². The second-order valence-corrected chi connectivity index (χ2v) is 10.1. The molecule has 7 heteroatoms. The number of nitrogens with one attached hydrogen (secondary N) is 2. The van der Waals surface area contributed by atoms with Gasteiger partial charge in [0.2, 0.25) is 0 Å². The van der Waals surface area contributed by atoms with Gasteiger partial charge in [0.1, 0.15) is 0 Å². The van der Waals surface area contributed by atoms with Crippen LogP contribution in [0.1, 0.15) is 39.9 Å². The Bertz CT molecular complexity index is 1220. The van der Waals surface area contributed by atoms with Crippen molar-refractivity contribution in [3.63, 3.8) is 0 Å². The summed E-state index contributed by atoms with van der Waals surface area (Å²) in [6, 6.07) is 21.5. The lowest BCUT2D eigenvalue weighted by Crippen LogP contribution is -2.23. The van der Waals surface area contributed by atoms with E-state index in [-0.39, 0.29) is 10.8 Å². The molecule has 6 nitrogen and oxygen atoms in total. The number of anilines is 1. The van der Waals surface area contributed by atoms with E-state index >= 15 is 0 Å². The van der Waals surface area contributed by atoms with Gasteiger partial charge in [-0.2, -0.15) is 0 Å². The van der Waals surface area contributed by atoms with Crippen LogP contribution in [0.3, 0.4) is 0 Å². The van der Waals surface area contributed by atoms with Gasteiger partial charge in [-0.25, -0.2) is 8.42 Å². The highest BCUT2D eigenvalue weighted by Gasteiger charge is 2.16. The number of hydrogen-bond acceptors (Lipinski definition) is 4. The summed E-state index contributed by atoms with van der Waals surface area (Å²) >= 11 is 0. The molecule has 0 aromatic heterocycles. The first-order valence-corrected chi connectivity index (χ1v) is 12.7. The van der Waals surface area contributed by atoms with Gasteiger partial charge >= 0.3 is 0 Å². The van der Waals surface area contributed by atoms with Crippen molar-refractivity contribution in [1.29, 1.82) is 0 Å². The van der Waals surface area contributed by atoms with E-state index in [1.165, 1.54) is 18.4 Å². The van der Waals surface area contributed by atoms with E-state index in [2.05, 4.69) is 27.1 Å². The minimum absolute atomic E-state index is 0.193. The molecule has 3 aromatic rings. The Morgan fingerprint density at radius 3 is 2.36 bits per heavy atom. The van der Waals surface area contributed by atoms with Crippen LogP contribution < -0.4 is 10.0 Å². The predicted octanol–water partition coefficient (Wildman–Crippen LogP) is 4.32. The van der Waals surface area contributed by atoms with E-state index in [9.17, 15) is 13.2 Å². The second kappa shape index (κ2) is 10.2. The monoisotopic (exact) mass is 463 g/mol. The summed E-state index contributed by atoms with van der Waals surface area (Å²) in [4.78, 5) is 15.3. The Kier molecular flexibility index (Phi) is 7.11. The Morgan fingerprint density at radius 1 is 0.909 bits per heavy atom. The third-order valence-electron chi connectivity index (χ3n) is 5.84. The molecule has 0 aliphatic carbocycles. The van der Waals surface area contributed by atoms with E-state index in [1.807, 2.05) is 12.1 Å². The highest BCUT2D eigenvalue weighted by atomic mass is 32.2. The summed E-state index contributed by atoms with van der Waals surface area (Å²) < 4.78 is 27.7. The average Bonchev–Trinajstić information content (AvgIpc) is 3.32. The van der Waals surface area contributed by atoms with Gasteiger partial charge in [-0.1, -0.05) is 42.5 Å². The molecular weight excluding hydrogens is 434 g/mol. The molecule has 1 fully saturated rings. The fourth-order valence-electron chi connectivity index (χ4n) is 4.04. The van der Waals surface area contributed by atoms with Gasteiger partial charge < -0.3 is 5.32 Å². The number of rotatable bonds is 8. The highest BCUT2D eigenvalue weighted by molar-refractivity contribution is 7.92. The molecule has 0 unspecified atom stereocenters. The Labute approximate surface area is 195 Å². The fraction of sp³-hybridized carbons (Fsp3) is 0.269. The first-order chi connectivity index (χ1) is 15.9. The minimum atomic E-state index is -3.68. The van der Waals surface area contributed by atoms with Gasteiger partial charge in [0, 0.05) is 18.7 Å². The highest BCUT2D eigenvalue weighted by Crippen LogP contribution is 2.21. The molecule has 2 N–H and O–H groups in total. The van der Waals surface area contributed by atoms with Crippen LogP contribution in [0.15, 0.2) is 77.7 Å². The summed E-state index contributed by atoms with van der Waals surface area (Å²) in [7, 11) is -3.68. The van der Waals surface area contributed by atoms with Crippen molar-refractivity contribution in [2.75, 3.05) is 17.8 Å². The molecule has 1 heterocycles. The van der Waals surface area contributed by atoms with Crippen molar-refractivity contribution in [2.45, 2.75) is 37.8 Å².